The van der Waals surface area contributed by atoms with Crippen LogP contribution in [0.15, 0.2) is 66.9 Å². The summed E-state index contributed by atoms with van der Waals surface area (Å²) >= 11 is 1.62. The van der Waals surface area contributed by atoms with Crippen LogP contribution >= 0.6 is 11.3 Å². The van der Waals surface area contributed by atoms with E-state index in [0.29, 0.717) is 5.95 Å². The molecule has 1 aliphatic rings. The summed E-state index contributed by atoms with van der Waals surface area (Å²) in [5.74, 6) is 0.287. The van der Waals surface area contributed by atoms with Gasteiger partial charge in [-0.15, -0.1) is 0 Å². The molecule has 0 spiro atoms. The number of rotatable bonds is 6. The molecule has 4 aromatic rings. The van der Waals surface area contributed by atoms with Crippen molar-refractivity contribution in [1.29, 1.82) is 0 Å². The summed E-state index contributed by atoms with van der Waals surface area (Å²) in [7, 11) is 0. The Morgan fingerprint density at radius 1 is 0.970 bits per heavy atom. The number of benzene rings is 2. The molecule has 2 aromatic heterocycles. The largest absolute Gasteiger partial charge is 0.348 e. The van der Waals surface area contributed by atoms with Crippen molar-refractivity contribution >= 4 is 22.4 Å². The molecular formula is C26H26FN5S. The topological polar surface area (TPSA) is 53.9 Å². The zero-order valence-electron chi connectivity index (χ0n) is 18.5. The average molecular weight is 460 g/mol. The van der Waals surface area contributed by atoms with Crippen LogP contribution in [-0.2, 0) is 0 Å². The molecule has 1 N–H and O–H groups in total. The van der Waals surface area contributed by atoms with Gasteiger partial charge in [0.05, 0.1) is 22.3 Å². The van der Waals surface area contributed by atoms with Crippen molar-refractivity contribution in [2.24, 2.45) is 0 Å². The van der Waals surface area contributed by atoms with Crippen LogP contribution in [0.4, 0.5) is 15.5 Å². The van der Waals surface area contributed by atoms with Crippen molar-refractivity contribution in [3.63, 3.8) is 0 Å². The van der Waals surface area contributed by atoms with Gasteiger partial charge in [0.1, 0.15) is 5.82 Å². The molecule has 0 radical (unpaired) electrons. The quantitative estimate of drug-likeness (QED) is 0.353. The van der Waals surface area contributed by atoms with Gasteiger partial charge in [0.15, 0.2) is 5.13 Å². The fourth-order valence-corrected chi connectivity index (χ4v) is 5.22. The standard InChI is InChI=1S/C26H26FN5S/c1-18(19-9-4-2-5-10-19)29-25-28-14-13-22(30-25)24-23(20-11-8-12-21(27)17-20)31-26(33-24)32-15-6-3-7-16-32/h2,4-5,8-14,17-18H,3,6-7,15-16H2,1H3,(H,28,29,30). The second-order valence-corrected chi connectivity index (χ2v) is 9.25. The van der Waals surface area contributed by atoms with Crippen LogP contribution in [0.25, 0.3) is 21.8 Å². The Hall–Kier alpha value is -3.32. The number of anilines is 2. The van der Waals surface area contributed by atoms with Crippen LogP contribution in [0.5, 0.6) is 0 Å². The molecule has 0 bridgehead atoms. The van der Waals surface area contributed by atoms with Crippen LogP contribution in [0.3, 0.4) is 0 Å². The van der Waals surface area contributed by atoms with Crippen LogP contribution in [0.1, 0.15) is 37.8 Å². The Morgan fingerprint density at radius 2 is 1.79 bits per heavy atom. The van der Waals surface area contributed by atoms with E-state index >= 15 is 0 Å². The van der Waals surface area contributed by atoms with E-state index < -0.39 is 0 Å². The van der Waals surface area contributed by atoms with Crippen molar-refractivity contribution < 1.29 is 4.39 Å². The van der Waals surface area contributed by atoms with Gasteiger partial charge in [-0.2, -0.15) is 0 Å². The molecule has 5 rings (SSSR count). The van der Waals surface area contributed by atoms with E-state index in [4.69, 9.17) is 9.97 Å². The second kappa shape index (κ2) is 9.67. The summed E-state index contributed by atoms with van der Waals surface area (Å²) < 4.78 is 14.0. The molecule has 2 aromatic carbocycles. The number of nitrogens with one attached hydrogen (secondary N) is 1. The molecule has 1 saturated heterocycles. The summed E-state index contributed by atoms with van der Waals surface area (Å²) in [6.07, 6.45) is 5.36. The third-order valence-corrected chi connectivity index (χ3v) is 7.01. The number of piperidine rings is 1. The van der Waals surface area contributed by atoms with Gasteiger partial charge in [0, 0.05) is 24.8 Å². The normalized spacial score (nSPS) is 14.8. The Kier molecular flexibility index (Phi) is 6.30. The summed E-state index contributed by atoms with van der Waals surface area (Å²) in [4.78, 5) is 17.5. The molecule has 1 atom stereocenters. The van der Waals surface area contributed by atoms with Gasteiger partial charge in [-0.05, 0) is 49.9 Å². The molecule has 1 unspecified atom stereocenters. The molecule has 3 heterocycles. The number of hydrogen-bond donors (Lipinski definition) is 1. The molecule has 33 heavy (non-hydrogen) atoms. The fraction of sp³-hybridized carbons (Fsp3) is 0.269. The highest BCUT2D eigenvalue weighted by Crippen LogP contribution is 2.40. The maximum absolute atomic E-state index is 14.0. The Bertz CT molecular complexity index is 1220. The first-order chi connectivity index (χ1) is 16.2. The number of nitrogens with zero attached hydrogens (tertiary/aromatic N) is 4. The number of hydrogen-bond acceptors (Lipinski definition) is 6. The average Bonchev–Trinajstić information content (AvgIpc) is 3.31. The van der Waals surface area contributed by atoms with E-state index in [1.165, 1.54) is 31.4 Å². The molecule has 5 nitrogen and oxygen atoms in total. The van der Waals surface area contributed by atoms with Gasteiger partial charge in [-0.3, -0.25) is 0 Å². The van der Waals surface area contributed by atoms with Gasteiger partial charge in [-0.25, -0.2) is 19.3 Å². The van der Waals surface area contributed by atoms with Crippen LogP contribution in [0, 0.1) is 5.82 Å². The summed E-state index contributed by atoms with van der Waals surface area (Å²) in [6, 6.07) is 18.8. The summed E-state index contributed by atoms with van der Waals surface area (Å²) in [5, 5.41) is 4.37. The van der Waals surface area contributed by atoms with E-state index in [9.17, 15) is 4.39 Å². The van der Waals surface area contributed by atoms with Gasteiger partial charge in [0.2, 0.25) is 5.95 Å². The maximum Gasteiger partial charge on any atom is 0.223 e. The Balaban J connectivity index is 1.51. The third-order valence-electron chi connectivity index (χ3n) is 5.87. The van der Waals surface area contributed by atoms with Crippen LogP contribution in [-0.4, -0.2) is 28.0 Å². The second-order valence-electron chi connectivity index (χ2n) is 8.27. The first kappa shape index (κ1) is 21.5. The van der Waals surface area contributed by atoms with E-state index in [0.717, 1.165) is 45.6 Å². The molecule has 0 amide bonds. The lowest BCUT2D eigenvalue weighted by Gasteiger charge is -2.25. The Morgan fingerprint density at radius 3 is 2.58 bits per heavy atom. The lowest BCUT2D eigenvalue weighted by atomic mass is 10.1. The molecule has 168 valence electrons. The molecule has 7 heteroatoms. The minimum Gasteiger partial charge on any atom is -0.348 e. The molecule has 0 aliphatic carbocycles. The van der Waals surface area contributed by atoms with Gasteiger partial charge in [0.25, 0.3) is 0 Å². The van der Waals surface area contributed by atoms with E-state index in [2.05, 4.69) is 34.3 Å². The fourth-order valence-electron chi connectivity index (χ4n) is 4.11. The van der Waals surface area contributed by atoms with Crippen molar-refractivity contribution in [1.82, 2.24) is 15.0 Å². The highest BCUT2D eigenvalue weighted by Gasteiger charge is 2.22. The summed E-state index contributed by atoms with van der Waals surface area (Å²) in [6.45, 7) is 4.09. The summed E-state index contributed by atoms with van der Waals surface area (Å²) in [5.41, 5.74) is 3.47. The first-order valence-corrected chi connectivity index (χ1v) is 12.2. The van der Waals surface area contributed by atoms with Crippen LogP contribution in [0.2, 0.25) is 0 Å². The van der Waals surface area contributed by atoms with Gasteiger partial charge >= 0.3 is 0 Å². The highest BCUT2D eigenvalue weighted by molar-refractivity contribution is 7.19. The van der Waals surface area contributed by atoms with Crippen molar-refractivity contribution in [3.8, 4) is 21.8 Å². The van der Waals surface area contributed by atoms with Gasteiger partial charge in [-0.1, -0.05) is 53.8 Å². The van der Waals surface area contributed by atoms with E-state index in [1.54, 1.807) is 23.6 Å². The van der Waals surface area contributed by atoms with Crippen LogP contribution < -0.4 is 10.2 Å². The van der Waals surface area contributed by atoms with Gasteiger partial charge < -0.3 is 10.2 Å². The minimum atomic E-state index is -0.271. The third kappa shape index (κ3) is 4.88. The number of thiazole rings is 1. The number of aromatic nitrogens is 3. The molecule has 0 saturated carbocycles. The zero-order valence-corrected chi connectivity index (χ0v) is 19.4. The van der Waals surface area contributed by atoms with Crippen molar-refractivity contribution in [3.05, 3.63) is 78.2 Å². The molecular weight excluding hydrogens is 433 g/mol. The Labute approximate surface area is 197 Å². The lowest BCUT2D eigenvalue weighted by molar-refractivity contribution is 0.577. The van der Waals surface area contributed by atoms with E-state index in [1.807, 2.05) is 30.3 Å². The molecule has 1 aliphatic heterocycles. The highest BCUT2D eigenvalue weighted by atomic mass is 32.1. The monoisotopic (exact) mass is 459 g/mol. The predicted molar refractivity (Wildman–Crippen MR) is 133 cm³/mol. The number of halogens is 1. The molecule has 1 fully saturated rings. The van der Waals surface area contributed by atoms with Crippen molar-refractivity contribution in [2.75, 3.05) is 23.3 Å². The smallest absolute Gasteiger partial charge is 0.223 e. The van der Waals surface area contributed by atoms with Crippen molar-refractivity contribution in [2.45, 2.75) is 32.2 Å². The van der Waals surface area contributed by atoms with E-state index in [-0.39, 0.29) is 11.9 Å². The lowest BCUT2D eigenvalue weighted by Crippen LogP contribution is -2.29. The predicted octanol–water partition coefficient (Wildman–Crippen LogP) is 6.57. The minimum absolute atomic E-state index is 0.0644. The SMILES string of the molecule is CC(Nc1nccc(-c2sc(N3CCCCC3)nc2-c2cccc(F)c2)n1)c1ccccc1. The first-order valence-electron chi connectivity index (χ1n) is 11.3. The zero-order chi connectivity index (χ0) is 22.6. The maximum atomic E-state index is 14.0.